The molecule has 1 amide bonds. The highest BCUT2D eigenvalue weighted by Crippen LogP contribution is 2.23. The highest BCUT2D eigenvalue weighted by atomic mass is 79.9. The maximum absolute atomic E-state index is 12.5. The van der Waals surface area contributed by atoms with E-state index < -0.39 is 0 Å². The number of nitrogens with one attached hydrogen (secondary N) is 1. The number of anilines is 1. The summed E-state index contributed by atoms with van der Waals surface area (Å²) >= 11 is 4.83. The number of aromatic nitrogens is 2. The van der Waals surface area contributed by atoms with Gasteiger partial charge in [-0.05, 0) is 53.8 Å². The fourth-order valence-corrected chi connectivity index (χ4v) is 3.87. The van der Waals surface area contributed by atoms with Crippen molar-refractivity contribution in [3.63, 3.8) is 0 Å². The van der Waals surface area contributed by atoms with Gasteiger partial charge in [0.15, 0.2) is 0 Å². The Bertz CT molecular complexity index is 1170. The van der Waals surface area contributed by atoms with Crippen LogP contribution in [0.25, 0.3) is 11.0 Å². The number of amides is 1. The summed E-state index contributed by atoms with van der Waals surface area (Å²) in [4.78, 5) is 17.7. The smallest absolute Gasteiger partial charge is 0.268 e. The van der Waals surface area contributed by atoms with Gasteiger partial charge in [0.05, 0.1) is 27.5 Å². The van der Waals surface area contributed by atoms with Gasteiger partial charge in [0, 0.05) is 11.0 Å². The average molecular weight is 451 g/mol. The molecule has 5 nitrogen and oxygen atoms in total. The third kappa shape index (κ3) is 3.84. The van der Waals surface area contributed by atoms with Gasteiger partial charge in [0.2, 0.25) is 5.95 Å². The molecule has 0 fully saturated rings. The molecule has 138 valence electrons. The molecule has 2 aromatic carbocycles. The van der Waals surface area contributed by atoms with Crippen molar-refractivity contribution in [2.45, 2.75) is 13.0 Å². The molecule has 28 heavy (non-hydrogen) atoms. The van der Waals surface area contributed by atoms with Crippen molar-refractivity contribution in [1.29, 1.82) is 5.26 Å². The lowest BCUT2D eigenvalue weighted by Crippen LogP contribution is -2.15. The normalized spacial score (nSPS) is 10.7. The quantitative estimate of drug-likeness (QED) is 0.452. The van der Waals surface area contributed by atoms with Crippen molar-refractivity contribution in [3.05, 3.63) is 80.5 Å². The number of halogens is 1. The fraction of sp³-hybridized carbons (Fsp3) is 0.0952. The van der Waals surface area contributed by atoms with E-state index in [2.05, 4.69) is 44.4 Å². The molecule has 0 spiro atoms. The first-order chi connectivity index (χ1) is 13.6. The molecule has 0 saturated heterocycles. The van der Waals surface area contributed by atoms with Crippen LogP contribution in [0.1, 0.15) is 20.8 Å². The van der Waals surface area contributed by atoms with Gasteiger partial charge < -0.3 is 4.57 Å². The predicted molar refractivity (Wildman–Crippen MR) is 115 cm³/mol. The molecule has 2 aromatic heterocycles. The van der Waals surface area contributed by atoms with E-state index in [9.17, 15) is 4.79 Å². The second kappa shape index (κ2) is 7.97. The molecule has 0 radical (unpaired) electrons. The molecule has 0 aliphatic carbocycles. The Morgan fingerprint density at radius 2 is 2.04 bits per heavy atom. The molecule has 4 rings (SSSR count). The van der Waals surface area contributed by atoms with Crippen molar-refractivity contribution in [3.8, 4) is 6.07 Å². The van der Waals surface area contributed by atoms with Crippen molar-refractivity contribution < 1.29 is 4.79 Å². The van der Waals surface area contributed by atoms with Crippen LogP contribution < -0.4 is 5.32 Å². The molecule has 0 bridgehead atoms. The Labute approximate surface area is 174 Å². The molecule has 7 heteroatoms. The molecule has 0 atom stereocenters. The van der Waals surface area contributed by atoms with Gasteiger partial charge in [-0.1, -0.05) is 34.1 Å². The lowest BCUT2D eigenvalue weighted by atomic mass is 10.1. The molecular weight excluding hydrogens is 436 g/mol. The first kappa shape index (κ1) is 18.4. The van der Waals surface area contributed by atoms with Crippen LogP contribution in [-0.4, -0.2) is 15.5 Å². The lowest BCUT2D eigenvalue weighted by Gasteiger charge is -2.10. The number of nitrogens with zero attached hydrogens (tertiary/aromatic N) is 3. The minimum atomic E-state index is -0.185. The van der Waals surface area contributed by atoms with E-state index in [-0.39, 0.29) is 5.91 Å². The molecule has 0 aliphatic heterocycles. The number of nitriles is 1. The van der Waals surface area contributed by atoms with Crippen LogP contribution in [0.15, 0.2) is 64.5 Å². The number of carbonyl (C=O) groups is 1. The molecule has 2 heterocycles. The maximum atomic E-state index is 12.5. The Kier molecular flexibility index (Phi) is 5.24. The van der Waals surface area contributed by atoms with Crippen LogP contribution >= 0.6 is 27.3 Å². The number of carbonyl (C=O) groups excluding carboxylic acids is 1. The number of rotatable bonds is 5. The van der Waals surface area contributed by atoms with E-state index in [0.29, 0.717) is 28.5 Å². The number of imidazole rings is 1. The number of aryl methyl sites for hydroxylation is 2. The molecule has 1 N–H and O–H groups in total. The summed E-state index contributed by atoms with van der Waals surface area (Å²) in [5, 5.41) is 13.9. The van der Waals surface area contributed by atoms with E-state index in [4.69, 9.17) is 5.26 Å². The SMILES string of the molecule is N#Cc1ccc2c(c1)nc(NC(=O)c1cccs1)n2CCc1ccc(Br)cc1. The van der Waals surface area contributed by atoms with Gasteiger partial charge in [-0.2, -0.15) is 5.26 Å². The zero-order chi connectivity index (χ0) is 19.5. The third-order valence-corrected chi connectivity index (χ3v) is 5.78. The van der Waals surface area contributed by atoms with Crippen molar-refractivity contribution in [2.75, 3.05) is 5.32 Å². The second-order valence-electron chi connectivity index (χ2n) is 6.21. The van der Waals surface area contributed by atoms with E-state index in [0.717, 1.165) is 16.4 Å². The first-order valence-electron chi connectivity index (χ1n) is 8.64. The van der Waals surface area contributed by atoms with Gasteiger partial charge in [0.1, 0.15) is 0 Å². The summed E-state index contributed by atoms with van der Waals surface area (Å²) in [5.41, 5.74) is 3.31. The van der Waals surface area contributed by atoms with E-state index in [1.807, 2.05) is 34.2 Å². The van der Waals surface area contributed by atoms with Crippen LogP contribution in [0.3, 0.4) is 0 Å². The number of fused-ring (bicyclic) bond motifs is 1. The zero-order valence-corrected chi connectivity index (χ0v) is 17.1. The number of hydrogen-bond donors (Lipinski definition) is 1. The summed E-state index contributed by atoms with van der Waals surface area (Å²) in [5.74, 6) is 0.302. The van der Waals surface area contributed by atoms with Crippen LogP contribution in [0.5, 0.6) is 0 Å². The molecule has 0 aliphatic rings. The lowest BCUT2D eigenvalue weighted by molar-refractivity contribution is 0.102. The van der Waals surface area contributed by atoms with Gasteiger partial charge in [-0.3, -0.25) is 10.1 Å². The Morgan fingerprint density at radius 3 is 2.75 bits per heavy atom. The fourth-order valence-electron chi connectivity index (χ4n) is 2.98. The molecule has 0 unspecified atom stereocenters. The largest absolute Gasteiger partial charge is 0.310 e. The third-order valence-electron chi connectivity index (χ3n) is 4.38. The summed E-state index contributed by atoms with van der Waals surface area (Å²) in [6.45, 7) is 0.657. The number of hydrogen-bond acceptors (Lipinski definition) is 4. The van der Waals surface area contributed by atoms with Crippen molar-refractivity contribution in [1.82, 2.24) is 9.55 Å². The number of benzene rings is 2. The predicted octanol–water partition coefficient (Wildman–Crippen LogP) is 5.23. The Hall–Kier alpha value is -2.95. The first-order valence-corrected chi connectivity index (χ1v) is 10.3. The van der Waals surface area contributed by atoms with E-state index in [1.165, 1.54) is 16.9 Å². The molecule has 4 aromatic rings. The van der Waals surface area contributed by atoms with E-state index in [1.54, 1.807) is 18.2 Å². The van der Waals surface area contributed by atoms with Gasteiger partial charge in [0.25, 0.3) is 5.91 Å². The highest BCUT2D eigenvalue weighted by molar-refractivity contribution is 9.10. The minimum absolute atomic E-state index is 0.185. The van der Waals surface area contributed by atoms with Crippen LogP contribution in [-0.2, 0) is 13.0 Å². The molecule has 0 saturated carbocycles. The summed E-state index contributed by atoms with van der Waals surface area (Å²) < 4.78 is 3.03. The maximum Gasteiger partial charge on any atom is 0.268 e. The monoisotopic (exact) mass is 450 g/mol. The zero-order valence-electron chi connectivity index (χ0n) is 14.7. The highest BCUT2D eigenvalue weighted by Gasteiger charge is 2.15. The Balaban J connectivity index is 1.67. The summed E-state index contributed by atoms with van der Waals surface area (Å²) in [6, 6.07) is 19.3. The van der Waals surface area contributed by atoms with Gasteiger partial charge >= 0.3 is 0 Å². The van der Waals surface area contributed by atoms with Gasteiger partial charge in [-0.15, -0.1) is 11.3 Å². The van der Waals surface area contributed by atoms with Crippen molar-refractivity contribution in [2.24, 2.45) is 0 Å². The van der Waals surface area contributed by atoms with Crippen LogP contribution in [0.4, 0.5) is 5.95 Å². The molecular formula is C21H15BrN4OS. The number of thiophene rings is 1. The summed E-state index contributed by atoms with van der Waals surface area (Å²) in [6.07, 6.45) is 0.792. The Morgan fingerprint density at radius 1 is 1.21 bits per heavy atom. The topological polar surface area (TPSA) is 70.7 Å². The summed E-state index contributed by atoms with van der Waals surface area (Å²) in [7, 11) is 0. The van der Waals surface area contributed by atoms with Crippen LogP contribution in [0.2, 0.25) is 0 Å². The van der Waals surface area contributed by atoms with E-state index >= 15 is 0 Å². The average Bonchev–Trinajstić information content (AvgIpc) is 3.35. The second-order valence-corrected chi connectivity index (χ2v) is 8.07. The van der Waals surface area contributed by atoms with Gasteiger partial charge in [-0.25, -0.2) is 4.98 Å². The standard InChI is InChI=1S/C21H15BrN4OS/c22-16-6-3-14(4-7-16)9-10-26-18-8-5-15(13-23)12-17(18)24-21(26)25-20(27)19-2-1-11-28-19/h1-8,11-12H,9-10H2,(H,24,25,27). The van der Waals surface area contributed by atoms with Crippen molar-refractivity contribution >= 4 is 50.2 Å². The van der Waals surface area contributed by atoms with Crippen LogP contribution in [0, 0.1) is 11.3 Å². The minimum Gasteiger partial charge on any atom is -0.310 e.